The van der Waals surface area contributed by atoms with Crippen LogP contribution in [0.2, 0.25) is 0 Å². The number of aryl methyl sites for hydroxylation is 2. The molecule has 356 valence electrons. The van der Waals surface area contributed by atoms with Gasteiger partial charge < -0.3 is 24.2 Å². The Morgan fingerprint density at radius 3 is 1.25 bits per heavy atom. The molecule has 4 aromatic rings. The number of phenolic OH excluding ortho intramolecular Hbond substituents is 1. The van der Waals surface area contributed by atoms with E-state index in [1.54, 1.807) is 42.5 Å². The van der Waals surface area contributed by atoms with Crippen molar-refractivity contribution in [3.63, 3.8) is 0 Å². The van der Waals surface area contributed by atoms with Crippen LogP contribution in [0.3, 0.4) is 0 Å². The number of phenols is 1. The van der Waals surface area contributed by atoms with Gasteiger partial charge in [-0.1, -0.05) is 179 Å². The number of rotatable bonds is 32. The van der Waals surface area contributed by atoms with Gasteiger partial charge in [-0.05, 0) is 91.9 Å². The van der Waals surface area contributed by atoms with Crippen molar-refractivity contribution in [2.24, 2.45) is 0 Å². The van der Waals surface area contributed by atoms with E-state index in [1.807, 2.05) is 0 Å². The van der Waals surface area contributed by atoms with Gasteiger partial charge in [0, 0.05) is 6.07 Å². The molecule has 0 unspecified atom stereocenters. The number of unbranched alkanes of at least 4 members (excludes halogenated alkanes) is 22. The van der Waals surface area contributed by atoms with Crippen molar-refractivity contribution in [2.45, 2.75) is 191 Å². The molecule has 10 nitrogen and oxygen atoms in total. The SMILES string of the molecule is CCCCCCCCCCCCCCc1cc(Oc2cccc(S(=O)(=O)O)c2)ccc1O.CCCCCCCCCCCCCCc1cc(Oc2cccc(S(=O)(=O)[O-])c2)ccc1[O-].[Ca+2]. The van der Waals surface area contributed by atoms with Gasteiger partial charge in [0.15, 0.2) is 0 Å². The molecule has 0 atom stereocenters. The first-order chi connectivity index (χ1) is 30.8. The van der Waals surface area contributed by atoms with Crippen LogP contribution in [0.5, 0.6) is 34.5 Å². The van der Waals surface area contributed by atoms with Crippen LogP contribution in [0.15, 0.2) is 94.7 Å². The van der Waals surface area contributed by atoms with Gasteiger partial charge in [0.05, 0.1) is 9.79 Å². The predicted molar refractivity (Wildman–Crippen MR) is 260 cm³/mol. The van der Waals surface area contributed by atoms with Crippen molar-refractivity contribution >= 4 is 58.0 Å². The van der Waals surface area contributed by atoms with E-state index >= 15 is 0 Å². The summed E-state index contributed by atoms with van der Waals surface area (Å²) in [5, 5.41) is 22.3. The quantitative estimate of drug-likeness (QED) is 0.0272. The van der Waals surface area contributed by atoms with E-state index < -0.39 is 20.2 Å². The Morgan fingerprint density at radius 1 is 0.462 bits per heavy atom. The Bertz CT molecular complexity index is 1970. The zero-order valence-corrected chi connectivity index (χ0v) is 43.0. The zero-order chi connectivity index (χ0) is 46.5. The van der Waals surface area contributed by atoms with E-state index in [0.29, 0.717) is 29.2 Å². The first-order valence-electron chi connectivity index (χ1n) is 23.9. The zero-order valence-electron chi connectivity index (χ0n) is 39.2. The van der Waals surface area contributed by atoms with Crippen molar-refractivity contribution < 1.29 is 45.6 Å². The molecule has 0 amide bonds. The Kier molecular flexibility index (Phi) is 30.1. The van der Waals surface area contributed by atoms with Gasteiger partial charge in [-0.2, -0.15) is 8.42 Å². The Labute approximate surface area is 421 Å². The first kappa shape index (κ1) is 58.3. The maximum absolute atomic E-state index is 12.2. The third-order valence-electron chi connectivity index (χ3n) is 11.4. The summed E-state index contributed by atoms with van der Waals surface area (Å²) in [6.45, 7) is 4.50. The van der Waals surface area contributed by atoms with E-state index in [2.05, 4.69) is 13.8 Å². The Morgan fingerprint density at radius 2 is 0.815 bits per heavy atom. The van der Waals surface area contributed by atoms with Crippen molar-refractivity contribution in [1.29, 1.82) is 0 Å². The van der Waals surface area contributed by atoms with Gasteiger partial charge in [-0.25, -0.2) is 8.42 Å². The molecule has 0 bridgehead atoms. The molecule has 2 N–H and O–H groups in total. The van der Waals surface area contributed by atoms with E-state index in [0.717, 1.165) is 37.7 Å². The average molecular weight is 963 g/mol. The van der Waals surface area contributed by atoms with E-state index in [4.69, 9.17) is 9.47 Å². The third kappa shape index (κ3) is 25.8. The van der Waals surface area contributed by atoms with Crippen LogP contribution in [0.25, 0.3) is 0 Å². The van der Waals surface area contributed by atoms with Crippen LogP contribution < -0.4 is 14.6 Å². The molecule has 4 aromatic carbocycles. The summed E-state index contributed by atoms with van der Waals surface area (Å²) in [7, 11) is -8.83. The summed E-state index contributed by atoms with van der Waals surface area (Å²) < 4.78 is 76.7. The number of aromatic hydroxyl groups is 1. The monoisotopic (exact) mass is 962 g/mol. The molecular weight excluding hydrogens is 889 g/mol. The topological polar surface area (TPSA) is 173 Å². The minimum Gasteiger partial charge on any atom is -0.872 e. The van der Waals surface area contributed by atoms with Crippen LogP contribution in [0, 0.1) is 0 Å². The second kappa shape index (κ2) is 33.6. The smallest absolute Gasteiger partial charge is 0.872 e. The summed E-state index contributed by atoms with van der Waals surface area (Å²) in [6, 6.07) is 20.9. The Balaban J connectivity index is 0.000000440. The second-order valence-electron chi connectivity index (χ2n) is 16.9. The molecule has 0 heterocycles. The summed E-state index contributed by atoms with van der Waals surface area (Å²) in [5.41, 5.74) is 1.52. The van der Waals surface area contributed by atoms with Crippen LogP contribution in [-0.2, 0) is 33.1 Å². The Hall–Kier alpha value is -2.84. The second-order valence-corrected chi connectivity index (χ2v) is 19.7. The fraction of sp³-hybridized carbons (Fsp3) is 0.538. The predicted octanol–water partition coefficient (Wildman–Crippen LogP) is 14.0. The number of ether oxygens (including phenoxy) is 2. The maximum Gasteiger partial charge on any atom is 2.00 e. The van der Waals surface area contributed by atoms with Crippen LogP contribution >= 0.6 is 0 Å². The van der Waals surface area contributed by atoms with Crippen LogP contribution in [0.4, 0.5) is 0 Å². The normalized spacial score (nSPS) is 11.4. The van der Waals surface area contributed by atoms with Crippen LogP contribution in [-0.4, -0.2) is 68.8 Å². The average Bonchev–Trinajstić information content (AvgIpc) is 3.26. The minimum absolute atomic E-state index is 0. The van der Waals surface area contributed by atoms with Gasteiger partial charge in [-0.15, -0.1) is 5.75 Å². The molecule has 0 fully saturated rings. The van der Waals surface area contributed by atoms with Gasteiger partial charge in [0.1, 0.15) is 38.9 Å². The number of benzene rings is 4. The summed E-state index contributed by atoms with van der Waals surface area (Å²) in [6.07, 6.45) is 32.1. The molecule has 13 heteroatoms. The standard InChI is InChI=1S/2C26H38O5S.Ca/c2*1-2-3-4-5-6-7-8-9-10-11-12-13-15-22-20-24(18-19-26(22)27)31-23-16-14-17-25(21-23)32(28,29)30;/h2*14,16-21,27H,2-13,15H2,1H3,(H,28,29,30);/q;;+2/p-2. The van der Waals surface area contributed by atoms with Gasteiger partial charge in [0.25, 0.3) is 10.1 Å². The molecule has 0 saturated heterocycles. The minimum atomic E-state index is -4.54. The molecular formula is C52H74CaO10S2. The molecule has 0 aliphatic heterocycles. The van der Waals surface area contributed by atoms with Gasteiger partial charge >= 0.3 is 37.7 Å². The van der Waals surface area contributed by atoms with Crippen molar-refractivity contribution in [2.75, 3.05) is 0 Å². The largest absolute Gasteiger partial charge is 2.00 e. The van der Waals surface area contributed by atoms with Gasteiger partial charge in [0.2, 0.25) is 0 Å². The third-order valence-corrected chi connectivity index (χ3v) is 13.0. The molecule has 0 spiro atoms. The van der Waals surface area contributed by atoms with E-state index in [9.17, 15) is 36.2 Å². The fourth-order valence-electron chi connectivity index (χ4n) is 7.62. The molecule has 4 rings (SSSR count). The molecule has 0 radical (unpaired) electrons. The van der Waals surface area contributed by atoms with Crippen LogP contribution in [0.1, 0.15) is 179 Å². The molecule has 0 saturated carbocycles. The van der Waals surface area contributed by atoms with Crippen molar-refractivity contribution in [3.05, 3.63) is 96.1 Å². The number of hydrogen-bond acceptors (Lipinski definition) is 9. The summed E-state index contributed by atoms with van der Waals surface area (Å²) in [5.74, 6) is 1.76. The molecule has 0 aromatic heterocycles. The van der Waals surface area contributed by atoms with Crippen molar-refractivity contribution in [1.82, 2.24) is 0 Å². The van der Waals surface area contributed by atoms with E-state index in [-0.39, 0.29) is 64.8 Å². The van der Waals surface area contributed by atoms with Gasteiger partial charge in [-0.3, -0.25) is 4.55 Å². The van der Waals surface area contributed by atoms with E-state index in [1.165, 1.54) is 171 Å². The summed E-state index contributed by atoms with van der Waals surface area (Å²) >= 11 is 0. The first-order valence-corrected chi connectivity index (χ1v) is 26.8. The summed E-state index contributed by atoms with van der Waals surface area (Å²) in [4.78, 5) is -0.558. The fourth-order valence-corrected chi connectivity index (χ4v) is 8.64. The molecule has 0 aliphatic carbocycles. The molecule has 65 heavy (non-hydrogen) atoms. The molecule has 0 aliphatic rings. The maximum atomic E-state index is 12.2. The number of hydrogen-bond donors (Lipinski definition) is 2. The van der Waals surface area contributed by atoms with Crippen molar-refractivity contribution in [3.8, 4) is 34.5 Å².